The summed E-state index contributed by atoms with van der Waals surface area (Å²) < 4.78 is 6.58. The molecule has 1 unspecified atom stereocenters. The van der Waals surface area contributed by atoms with Gasteiger partial charge in [-0.05, 0) is 48.6 Å². The Morgan fingerprint density at radius 3 is 2.14 bits per heavy atom. The van der Waals surface area contributed by atoms with E-state index in [-0.39, 0.29) is 0 Å². The summed E-state index contributed by atoms with van der Waals surface area (Å²) in [5, 5.41) is 13.3. The first-order valence-electron chi connectivity index (χ1n) is 7.67. The number of halogens is 1. The smallest absolute Gasteiger partial charge is 0.119 e. The molecule has 0 fully saturated rings. The van der Waals surface area contributed by atoms with Crippen LogP contribution in [0.25, 0.3) is 0 Å². The van der Waals surface area contributed by atoms with Gasteiger partial charge in [0.15, 0.2) is 0 Å². The minimum absolute atomic E-state index is 0.308. The van der Waals surface area contributed by atoms with Crippen LogP contribution in [0.3, 0.4) is 0 Å². The Bertz CT molecular complexity index is 384. The van der Waals surface area contributed by atoms with Gasteiger partial charge in [0.05, 0.1) is 0 Å². The van der Waals surface area contributed by atoms with E-state index in [1.807, 2.05) is 24.3 Å². The van der Waals surface area contributed by atoms with Crippen molar-refractivity contribution in [1.82, 2.24) is 5.32 Å². The standard InChI is InChI=1S/C17H28BrNO2/c1-12(2)17(13(3)4)10-19-9-15(20)11-21-16-7-5-14(18)6-8-16/h5-8,12-13,15,17,19-20H,9-11H2,1-4H3. The highest BCUT2D eigenvalue weighted by Gasteiger charge is 2.17. The molecule has 0 bridgehead atoms. The Kier molecular flexibility index (Phi) is 8.30. The molecule has 1 rings (SSSR count). The number of aliphatic hydroxyl groups excluding tert-OH is 1. The maximum Gasteiger partial charge on any atom is 0.119 e. The lowest BCUT2D eigenvalue weighted by Gasteiger charge is -2.25. The van der Waals surface area contributed by atoms with Crippen molar-refractivity contribution in [2.75, 3.05) is 19.7 Å². The molecule has 0 aliphatic rings. The highest BCUT2D eigenvalue weighted by atomic mass is 79.9. The molecule has 120 valence electrons. The lowest BCUT2D eigenvalue weighted by atomic mass is 9.85. The molecular formula is C17H28BrNO2. The summed E-state index contributed by atoms with van der Waals surface area (Å²) in [6, 6.07) is 7.63. The number of rotatable bonds is 9. The maximum atomic E-state index is 9.96. The van der Waals surface area contributed by atoms with E-state index in [2.05, 4.69) is 48.9 Å². The molecule has 4 heteroatoms. The van der Waals surface area contributed by atoms with Crippen molar-refractivity contribution in [3.8, 4) is 5.75 Å². The SMILES string of the molecule is CC(C)C(CNCC(O)COc1ccc(Br)cc1)C(C)C. The summed E-state index contributed by atoms with van der Waals surface area (Å²) in [5.41, 5.74) is 0. The molecular weight excluding hydrogens is 330 g/mol. The van der Waals surface area contributed by atoms with Gasteiger partial charge in [-0.25, -0.2) is 0 Å². The molecule has 0 radical (unpaired) electrons. The van der Waals surface area contributed by atoms with Gasteiger partial charge in [0.2, 0.25) is 0 Å². The fraction of sp³-hybridized carbons (Fsp3) is 0.647. The topological polar surface area (TPSA) is 41.5 Å². The van der Waals surface area contributed by atoms with E-state index in [4.69, 9.17) is 4.74 Å². The van der Waals surface area contributed by atoms with Crippen LogP contribution in [0.15, 0.2) is 28.7 Å². The average molecular weight is 358 g/mol. The van der Waals surface area contributed by atoms with Gasteiger partial charge in [-0.2, -0.15) is 0 Å². The van der Waals surface area contributed by atoms with E-state index in [1.165, 1.54) is 0 Å². The predicted octanol–water partition coefficient (Wildman–Crippen LogP) is 3.71. The Morgan fingerprint density at radius 1 is 1.05 bits per heavy atom. The second-order valence-corrected chi connectivity index (χ2v) is 7.14. The van der Waals surface area contributed by atoms with Gasteiger partial charge in [0, 0.05) is 11.0 Å². The van der Waals surface area contributed by atoms with Crippen LogP contribution >= 0.6 is 15.9 Å². The van der Waals surface area contributed by atoms with Gasteiger partial charge in [-0.3, -0.25) is 0 Å². The molecule has 3 nitrogen and oxygen atoms in total. The van der Waals surface area contributed by atoms with Crippen molar-refractivity contribution in [1.29, 1.82) is 0 Å². The monoisotopic (exact) mass is 357 g/mol. The first-order valence-corrected chi connectivity index (χ1v) is 8.46. The van der Waals surface area contributed by atoms with Crippen LogP contribution in [-0.4, -0.2) is 30.9 Å². The lowest BCUT2D eigenvalue weighted by molar-refractivity contribution is 0.103. The number of hydrogen-bond donors (Lipinski definition) is 2. The van der Waals surface area contributed by atoms with Crippen molar-refractivity contribution in [2.45, 2.75) is 33.8 Å². The van der Waals surface area contributed by atoms with Crippen LogP contribution < -0.4 is 10.1 Å². The van der Waals surface area contributed by atoms with Crippen molar-refractivity contribution in [3.63, 3.8) is 0 Å². The van der Waals surface area contributed by atoms with Crippen LogP contribution in [0.5, 0.6) is 5.75 Å². The van der Waals surface area contributed by atoms with Crippen LogP contribution in [0.4, 0.5) is 0 Å². The number of ether oxygens (including phenoxy) is 1. The Balaban J connectivity index is 2.24. The maximum absolute atomic E-state index is 9.96. The van der Waals surface area contributed by atoms with E-state index in [0.29, 0.717) is 30.9 Å². The molecule has 1 atom stereocenters. The average Bonchev–Trinajstić information content (AvgIpc) is 2.42. The fourth-order valence-corrected chi connectivity index (χ4v) is 2.70. The molecule has 2 N–H and O–H groups in total. The second-order valence-electron chi connectivity index (χ2n) is 6.23. The minimum atomic E-state index is -0.492. The second kappa shape index (κ2) is 9.44. The number of nitrogens with one attached hydrogen (secondary N) is 1. The van der Waals surface area contributed by atoms with Crippen LogP contribution in [0.2, 0.25) is 0 Å². The summed E-state index contributed by atoms with van der Waals surface area (Å²) in [7, 11) is 0. The molecule has 0 heterocycles. The van der Waals surface area contributed by atoms with E-state index in [9.17, 15) is 5.11 Å². The summed E-state index contributed by atoms with van der Waals surface area (Å²) >= 11 is 3.38. The first-order chi connectivity index (χ1) is 9.90. The third kappa shape index (κ3) is 7.30. The highest BCUT2D eigenvalue weighted by molar-refractivity contribution is 9.10. The van der Waals surface area contributed by atoms with E-state index in [0.717, 1.165) is 16.8 Å². The molecule has 1 aromatic rings. The van der Waals surface area contributed by atoms with Crippen LogP contribution in [0.1, 0.15) is 27.7 Å². The quantitative estimate of drug-likeness (QED) is 0.707. The summed E-state index contributed by atoms with van der Waals surface area (Å²) in [6.07, 6.45) is -0.492. The van der Waals surface area contributed by atoms with E-state index >= 15 is 0 Å². The van der Waals surface area contributed by atoms with Crippen molar-refractivity contribution in [2.24, 2.45) is 17.8 Å². The number of hydrogen-bond acceptors (Lipinski definition) is 3. The molecule has 21 heavy (non-hydrogen) atoms. The van der Waals surface area contributed by atoms with Gasteiger partial charge in [0.25, 0.3) is 0 Å². The van der Waals surface area contributed by atoms with Gasteiger partial charge in [-0.1, -0.05) is 43.6 Å². The molecule has 0 aliphatic carbocycles. The zero-order valence-corrected chi connectivity index (χ0v) is 15.1. The van der Waals surface area contributed by atoms with Crippen molar-refractivity contribution < 1.29 is 9.84 Å². The van der Waals surface area contributed by atoms with Gasteiger partial charge in [0.1, 0.15) is 18.5 Å². The van der Waals surface area contributed by atoms with Crippen molar-refractivity contribution in [3.05, 3.63) is 28.7 Å². The first kappa shape index (κ1) is 18.5. The summed E-state index contributed by atoms with van der Waals surface area (Å²) in [4.78, 5) is 0. The number of aliphatic hydroxyl groups is 1. The molecule has 0 spiro atoms. The third-order valence-corrected chi connectivity index (χ3v) is 4.26. The third-order valence-electron chi connectivity index (χ3n) is 3.73. The van der Waals surface area contributed by atoms with Gasteiger partial charge < -0.3 is 15.2 Å². The molecule has 1 aromatic carbocycles. The summed E-state index contributed by atoms with van der Waals surface area (Å²) in [6.45, 7) is 10.8. The van der Waals surface area contributed by atoms with Gasteiger partial charge in [-0.15, -0.1) is 0 Å². The van der Waals surface area contributed by atoms with E-state index < -0.39 is 6.10 Å². The molecule has 0 saturated heterocycles. The minimum Gasteiger partial charge on any atom is -0.491 e. The predicted molar refractivity (Wildman–Crippen MR) is 91.7 cm³/mol. The van der Waals surface area contributed by atoms with Gasteiger partial charge >= 0.3 is 0 Å². The highest BCUT2D eigenvalue weighted by Crippen LogP contribution is 2.19. The molecule has 0 saturated carbocycles. The molecule has 0 aliphatic heterocycles. The Labute approximate surface area is 137 Å². The van der Waals surface area contributed by atoms with Crippen molar-refractivity contribution >= 4 is 15.9 Å². The Morgan fingerprint density at radius 2 is 1.62 bits per heavy atom. The molecule has 0 amide bonds. The fourth-order valence-electron chi connectivity index (χ4n) is 2.44. The summed E-state index contributed by atoms with van der Waals surface area (Å²) in [5.74, 6) is 2.70. The Hall–Kier alpha value is -0.580. The zero-order chi connectivity index (χ0) is 15.8. The lowest BCUT2D eigenvalue weighted by Crippen LogP contribution is -2.36. The van der Waals surface area contributed by atoms with E-state index in [1.54, 1.807) is 0 Å². The molecule has 0 aromatic heterocycles. The largest absolute Gasteiger partial charge is 0.491 e. The number of benzene rings is 1. The normalized spacial score (nSPS) is 13.2. The zero-order valence-electron chi connectivity index (χ0n) is 13.5. The van der Waals surface area contributed by atoms with Crippen LogP contribution in [-0.2, 0) is 0 Å². The van der Waals surface area contributed by atoms with Crippen LogP contribution in [0, 0.1) is 17.8 Å².